The Labute approximate surface area is 215 Å². The minimum atomic E-state index is -1.24. The predicted molar refractivity (Wildman–Crippen MR) is 140 cm³/mol. The number of carbonyl (C=O) groups excluding carboxylic acids is 3. The van der Waals surface area contributed by atoms with Crippen molar-refractivity contribution >= 4 is 48.2 Å². The summed E-state index contributed by atoms with van der Waals surface area (Å²) in [4.78, 5) is 57.1. The van der Waals surface area contributed by atoms with Crippen LogP contribution in [0.5, 0.6) is 0 Å². The van der Waals surface area contributed by atoms with Crippen LogP contribution in [0.4, 0.5) is 0 Å². The molecule has 0 aliphatic carbocycles. The molecule has 14 N–H and O–H groups in total. The first-order chi connectivity index (χ1) is 16.8. The molecule has 0 aromatic carbocycles. The second kappa shape index (κ2) is 17.2. The number of guanidine groups is 2. The lowest BCUT2D eigenvalue weighted by Gasteiger charge is -2.26. The monoisotopic (exact) mass is 532 g/mol. The van der Waals surface area contributed by atoms with E-state index in [1.807, 2.05) is 0 Å². The molecule has 0 saturated heterocycles. The molecule has 15 nitrogen and oxygen atoms in total. The first kappa shape index (κ1) is 32.7. The van der Waals surface area contributed by atoms with E-state index in [0.29, 0.717) is 19.4 Å². The number of hydrogen-bond acceptors (Lipinski definition) is 8. The highest BCUT2D eigenvalue weighted by atomic mass is 32.1. The SMILES string of the molecule is CC(C)C(NC(=O)C(CS)NC(=O)C(N)CCCN=C(N)N)C(=O)NC(CCCN=C(N)N)C(=O)O. The lowest BCUT2D eigenvalue weighted by atomic mass is 10.0. The zero-order valence-corrected chi connectivity index (χ0v) is 21.5. The van der Waals surface area contributed by atoms with Gasteiger partial charge in [-0.2, -0.15) is 12.6 Å². The van der Waals surface area contributed by atoms with Crippen molar-refractivity contribution in [1.82, 2.24) is 16.0 Å². The lowest BCUT2D eigenvalue weighted by molar-refractivity contribution is -0.142. The molecule has 16 heteroatoms. The topological polar surface area (TPSA) is 279 Å². The van der Waals surface area contributed by atoms with E-state index in [4.69, 9.17) is 28.7 Å². The Hall–Kier alpha value is -3.27. The van der Waals surface area contributed by atoms with Crippen molar-refractivity contribution in [1.29, 1.82) is 0 Å². The summed E-state index contributed by atoms with van der Waals surface area (Å²) in [6, 6.07) is -4.26. The van der Waals surface area contributed by atoms with Gasteiger partial charge < -0.3 is 49.7 Å². The van der Waals surface area contributed by atoms with Crippen LogP contribution in [0.1, 0.15) is 39.5 Å². The molecule has 0 rings (SSSR count). The summed E-state index contributed by atoms with van der Waals surface area (Å²) in [6.45, 7) is 3.86. The van der Waals surface area contributed by atoms with Crippen LogP contribution >= 0.6 is 12.6 Å². The molecule has 3 amide bonds. The summed E-state index contributed by atoms with van der Waals surface area (Å²) in [5, 5.41) is 16.9. The van der Waals surface area contributed by atoms with Crippen LogP contribution in [0, 0.1) is 5.92 Å². The molecule has 0 aliphatic heterocycles. The van der Waals surface area contributed by atoms with Gasteiger partial charge in [0.25, 0.3) is 0 Å². The maximum atomic E-state index is 12.8. The molecule has 36 heavy (non-hydrogen) atoms. The molecular weight excluding hydrogens is 492 g/mol. The van der Waals surface area contributed by atoms with Crippen LogP contribution in [-0.4, -0.2) is 83.7 Å². The number of aliphatic imine (C=N–C) groups is 2. The van der Waals surface area contributed by atoms with E-state index in [2.05, 4.69) is 38.6 Å². The van der Waals surface area contributed by atoms with Gasteiger partial charge in [-0.15, -0.1) is 0 Å². The number of hydrogen-bond donors (Lipinski definition) is 10. The quantitative estimate of drug-likeness (QED) is 0.0382. The molecule has 0 spiro atoms. The number of aliphatic carboxylic acids is 1. The average molecular weight is 533 g/mol. The minimum Gasteiger partial charge on any atom is -0.480 e. The number of nitrogens with two attached hydrogens (primary N) is 5. The number of carboxylic acid groups (broad SMARTS) is 1. The largest absolute Gasteiger partial charge is 0.480 e. The summed E-state index contributed by atoms with van der Waals surface area (Å²) in [7, 11) is 0. The second-order valence-electron chi connectivity index (χ2n) is 8.38. The van der Waals surface area contributed by atoms with Crippen molar-refractivity contribution in [2.75, 3.05) is 18.8 Å². The van der Waals surface area contributed by atoms with Gasteiger partial charge in [-0.25, -0.2) is 4.79 Å². The van der Waals surface area contributed by atoms with E-state index in [1.54, 1.807) is 13.8 Å². The normalized spacial score (nSPS) is 14.0. The fraction of sp³-hybridized carbons (Fsp3) is 0.700. The second-order valence-corrected chi connectivity index (χ2v) is 8.74. The van der Waals surface area contributed by atoms with Gasteiger partial charge in [0.05, 0.1) is 6.04 Å². The van der Waals surface area contributed by atoms with Crippen LogP contribution < -0.4 is 44.6 Å². The molecule has 0 aromatic heterocycles. The predicted octanol–water partition coefficient (Wildman–Crippen LogP) is -3.45. The Kier molecular flexibility index (Phi) is 15.6. The molecule has 0 heterocycles. The maximum Gasteiger partial charge on any atom is 0.326 e. The van der Waals surface area contributed by atoms with E-state index >= 15 is 0 Å². The minimum absolute atomic E-state index is 0.0622. The number of nitrogens with zero attached hydrogens (tertiary/aromatic N) is 2. The zero-order chi connectivity index (χ0) is 27.8. The number of thiol groups is 1. The number of carbonyl (C=O) groups is 4. The van der Waals surface area contributed by atoms with Crippen molar-refractivity contribution in [3.63, 3.8) is 0 Å². The summed E-state index contributed by atoms with van der Waals surface area (Å²) < 4.78 is 0. The van der Waals surface area contributed by atoms with Crippen LogP contribution in [0.15, 0.2) is 9.98 Å². The third-order valence-electron chi connectivity index (χ3n) is 4.93. The number of rotatable bonds is 17. The molecule has 0 aliphatic rings. The molecule has 206 valence electrons. The molecule has 0 aromatic rings. The Morgan fingerprint density at radius 3 is 1.75 bits per heavy atom. The maximum absolute atomic E-state index is 12.8. The Morgan fingerprint density at radius 2 is 1.31 bits per heavy atom. The molecule has 4 unspecified atom stereocenters. The van der Waals surface area contributed by atoms with Crippen molar-refractivity contribution in [2.45, 2.75) is 63.7 Å². The number of carboxylic acids is 1. The molecule has 0 fully saturated rings. The molecular formula is C20H40N10O5S. The van der Waals surface area contributed by atoms with Crippen LogP contribution in [0.25, 0.3) is 0 Å². The number of amides is 3. The molecule has 4 atom stereocenters. The van der Waals surface area contributed by atoms with Crippen LogP contribution in [-0.2, 0) is 19.2 Å². The fourth-order valence-electron chi connectivity index (χ4n) is 2.93. The summed E-state index contributed by atoms with van der Waals surface area (Å²) >= 11 is 4.11. The average Bonchev–Trinajstić information content (AvgIpc) is 2.79. The van der Waals surface area contributed by atoms with Crippen molar-refractivity contribution in [2.24, 2.45) is 44.6 Å². The van der Waals surface area contributed by atoms with Gasteiger partial charge in [-0.3, -0.25) is 24.4 Å². The molecule has 0 radical (unpaired) electrons. The standard InChI is InChI=1S/C20H40N10O5S/c1-10(2)14(17(33)28-12(18(34)35)6-4-8-27-20(24)25)30-16(32)13(9-36)29-15(31)11(21)5-3-7-26-19(22)23/h10-14,36H,3-9,21H2,1-2H3,(H,28,33)(H,29,31)(H,30,32)(H,34,35)(H4,22,23,26)(H4,24,25,27). The van der Waals surface area contributed by atoms with Crippen molar-refractivity contribution in [3.8, 4) is 0 Å². The number of nitrogens with one attached hydrogen (secondary N) is 3. The fourth-order valence-corrected chi connectivity index (χ4v) is 3.19. The highest BCUT2D eigenvalue weighted by Crippen LogP contribution is 2.06. The summed E-state index contributed by atoms with van der Waals surface area (Å²) in [5.41, 5.74) is 26.8. The van der Waals surface area contributed by atoms with Gasteiger partial charge in [0.15, 0.2) is 11.9 Å². The smallest absolute Gasteiger partial charge is 0.326 e. The van der Waals surface area contributed by atoms with E-state index in [0.717, 1.165) is 0 Å². The van der Waals surface area contributed by atoms with E-state index in [-0.39, 0.29) is 43.0 Å². The van der Waals surface area contributed by atoms with Gasteiger partial charge >= 0.3 is 5.97 Å². The van der Waals surface area contributed by atoms with Gasteiger partial charge in [0.2, 0.25) is 17.7 Å². The first-order valence-electron chi connectivity index (χ1n) is 11.4. The third kappa shape index (κ3) is 13.6. The highest BCUT2D eigenvalue weighted by Gasteiger charge is 2.31. The Bertz CT molecular complexity index is 800. The van der Waals surface area contributed by atoms with Crippen molar-refractivity contribution in [3.05, 3.63) is 0 Å². The Balaban J connectivity index is 5.06. The Morgan fingerprint density at radius 1 is 0.806 bits per heavy atom. The van der Waals surface area contributed by atoms with Crippen molar-refractivity contribution < 1.29 is 24.3 Å². The summed E-state index contributed by atoms with van der Waals surface area (Å²) in [5.74, 6) is -3.81. The third-order valence-corrected chi connectivity index (χ3v) is 5.29. The summed E-state index contributed by atoms with van der Waals surface area (Å²) in [6.07, 6.45) is 1.12. The van der Waals surface area contributed by atoms with Gasteiger partial charge in [-0.05, 0) is 31.6 Å². The van der Waals surface area contributed by atoms with E-state index < -0.39 is 47.9 Å². The van der Waals surface area contributed by atoms with Gasteiger partial charge in [-0.1, -0.05) is 13.8 Å². The molecule has 0 saturated carbocycles. The van der Waals surface area contributed by atoms with E-state index in [1.165, 1.54) is 0 Å². The van der Waals surface area contributed by atoms with Crippen LogP contribution in [0.2, 0.25) is 0 Å². The van der Waals surface area contributed by atoms with E-state index in [9.17, 15) is 24.3 Å². The van der Waals surface area contributed by atoms with Crippen LogP contribution in [0.3, 0.4) is 0 Å². The highest BCUT2D eigenvalue weighted by molar-refractivity contribution is 7.80. The lowest BCUT2D eigenvalue weighted by Crippen LogP contribution is -2.58. The first-order valence-corrected chi connectivity index (χ1v) is 12.0. The molecule has 0 bridgehead atoms. The zero-order valence-electron chi connectivity index (χ0n) is 20.6. The van der Waals surface area contributed by atoms with Gasteiger partial charge in [0.1, 0.15) is 18.1 Å². The van der Waals surface area contributed by atoms with Gasteiger partial charge in [0, 0.05) is 18.8 Å².